The van der Waals surface area contributed by atoms with E-state index in [-0.39, 0.29) is 11.7 Å². The van der Waals surface area contributed by atoms with Gasteiger partial charge in [-0.05, 0) is 54.6 Å². The molecule has 3 aromatic rings. The summed E-state index contributed by atoms with van der Waals surface area (Å²) in [7, 11) is 0. The van der Waals surface area contributed by atoms with E-state index in [1.807, 2.05) is 48.9 Å². The van der Waals surface area contributed by atoms with Gasteiger partial charge in [-0.2, -0.15) is 0 Å². The zero-order valence-electron chi connectivity index (χ0n) is 14.7. The molecule has 0 aliphatic carbocycles. The number of aryl methyl sites for hydroxylation is 1. The molecule has 1 aromatic carbocycles. The number of thiazole rings is 1. The highest BCUT2D eigenvalue weighted by Gasteiger charge is 2.19. The van der Waals surface area contributed by atoms with E-state index in [1.165, 1.54) is 35.7 Å². The summed E-state index contributed by atoms with van der Waals surface area (Å²) in [5, 5.41) is 4.31. The summed E-state index contributed by atoms with van der Waals surface area (Å²) in [6.45, 7) is 5.54. The molecule has 26 heavy (non-hydrogen) atoms. The number of allylic oxidation sites excluding steroid dienone is 1. The fraction of sp³-hybridized carbons (Fsp3) is 0.150. The molecule has 0 saturated carbocycles. The number of benzene rings is 1. The first-order chi connectivity index (χ1) is 12.5. The van der Waals surface area contributed by atoms with E-state index in [2.05, 4.69) is 4.98 Å². The molecule has 3 rings (SSSR count). The van der Waals surface area contributed by atoms with Gasteiger partial charge in [0.15, 0.2) is 10.9 Å². The van der Waals surface area contributed by atoms with E-state index in [0.29, 0.717) is 15.7 Å². The Kier molecular flexibility index (Phi) is 5.44. The van der Waals surface area contributed by atoms with Crippen LogP contribution >= 0.6 is 22.7 Å². The van der Waals surface area contributed by atoms with Crippen molar-refractivity contribution in [1.82, 2.24) is 4.98 Å². The van der Waals surface area contributed by atoms with Gasteiger partial charge in [-0.1, -0.05) is 18.2 Å². The molecule has 132 valence electrons. The highest BCUT2D eigenvalue weighted by Crippen LogP contribution is 2.32. The maximum atomic E-state index is 12.3. The fourth-order valence-corrected chi connectivity index (χ4v) is 4.00. The van der Waals surface area contributed by atoms with Crippen molar-refractivity contribution in [1.29, 1.82) is 0 Å². The van der Waals surface area contributed by atoms with Crippen molar-refractivity contribution in [2.75, 3.05) is 4.90 Å². The number of amides is 1. The molecule has 0 unspecified atom stereocenters. The third-order valence-electron chi connectivity index (χ3n) is 4.00. The Bertz CT molecular complexity index is 972. The van der Waals surface area contributed by atoms with Crippen LogP contribution in [0, 0.1) is 13.8 Å². The van der Waals surface area contributed by atoms with Crippen LogP contribution in [-0.4, -0.2) is 16.7 Å². The number of thiophene rings is 1. The number of nitrogens with zero attached hydrogens (tertiary/aromatic N) is 2. The van der Waals surface area contributed by atoms with Crippen molar-refractivity contribution in [3.63, 3.8) is 0 Å². The van der Waals surface area contributed by atoms with Crippen LogP contribution in [0.1, 0.15) is 33.4 Å². The minimum Gasteiger partial charge on any atom is -0.288 e. The monoisotopic (exact) mass is 382 g/mol. The van der Waals surface area contributed by atoms with E-state index in [0.717, 1.165) is 16.8 Å². The lowest BCUT2D eigenvalue weighted by atomic mass is 10.1. The van der Waals surface area contributed by atoms with Crippen molar-refractivity contribution in [3.05, 3.63) is 68.9 Å². The second kappa shape index (κ2) is 7.76. The summed E-state index contributed by atoms with van der Waals surface area (Å²) in [6.07, 6.45) is 3.20. The van der Waals surface area contributed by atoms with E-state index in [9.17, 15) is 9.59 Å². The summed E-state index contributed by atoms with van der Waals surface area (Å²) >= 11 is 2.79. The molecule has 6 heteroatoms. The number of aromatic nitrogens is 1. The molecule has 0 fully saturated rings. The Balaban J connectivity index is 1.88. The Morgan fingerprint density at radius 3 is 2.62 bits per heavy atom. The standard InChI is InChI=1S/C20H18N2O2S2/c1-13-6-4-7-17(14(13)2)22(15(3)23)20-21-16(12-26-20)9-10-18(24)19-8-5-11-25-19/h4-12H,1-3H3. The molecule has 0 N–H and O–H groups in total. The summed E-state index contributed by atoms with van der Waals surface area (Å²) < 4.78 is 0. The fourth-order valence-electron chi connectivity index (χ4n) is 2.50. The lowest BCUT2D eigenvalue weighted by Gasteiger charge is -2.21. The van der Waals surface area contributed by atoms with Crippen LogP contribution in [0.5, 0.6) is 0 Å². The zero-order valence-corrected chi connectivity index (χ0v) is 16.4. The van der Waals surface area contributed by atoms with Gasteiger partial charge in [0.1, 0.15) is 0 Å². The minimum absolute atomic E-state index is 0.0486. The van der Waals surface area contributed by atoms with Crippen LogP contribution in [0.2, 0.25) is 0 Å². The Morgan fingerprint density at radius 1 is 1.12 bits per heavy atom. The van der Waals surface area contributed by atoms with Crippen molar-refractivity contribution in [2.24, 2.45) is 0 Å². The number of carbonyl (C=O) groups excluding carboxylic acids is 2. The van der Waals surface area contributed by atoms with E-state index in [1.54, 1.807) is 17.0 Å². The van der Waals surface area contributed by atoms with Gasteiger partial charge in [-0.25, -0.2) is 4.98 Å². The van der Waals surface area contributed by atoms with Crippen LogP contribution in [0.4, 0.5) is 10.8 Å². The molecule has 0 atom stereocenters. The van der Waals surface area contributed by atoms with Gasteiger partial charge in [0.25, 0.3) is 0 Å². The molecule has 2 aromatic heterocycles. The second-order valence-electron chi connectivity index (χ2n) is 5.80. The first-order valence-corrected chi connectivity index (χ1v) is 9.81. The average molecular weight is 383 g/mol. The number of ketones is 1. The quantitative estimate of drug-likeness (QED) is 0.438. The summed E-state index contributed by atoms with van der Waals surface area (Å²) in [4.78, 5) is 31.2. The maximum Gasteiger partial charge on any atom is 0.230 e. The lowest BCUT2D eigenvalue weighted by molar-refractivity contribution is -0.115. The SMILES string of the molecule is CC(=O)N(c1nc(C=CC(=O)c2cccs2)cs1)c1cccc(C)c1C. The van der Waals surface area contributed by atoms with Crippen molar-refractivity contribution in [3.8, 4) is 0 Å². The molecular weight excluding hydrogens is 364 g/mol. The normalized spacial score (nSPS) is 11.0. The molecule has 0 radical (unpaired) electrons. The third kappa shape index (κ3) is 3.81. The van der Waals surface area contributed by atoms with Gasteiger partial charge >= 0.3 is 0 Å². The van der Waals surface area contributed by atoms with Gasteiger partial charge in [-0.3, -0.25) is 14.5 Å². The number of hydrogen-bond acceptors (Lipinski definition) is 5. The first kappa shape index (κ1) is 18.2. The number of hydrogen-bond donors (Lipinski definition) is 0. The Hall–Kier alpha value is -2.57. The third-order valence-corrected chi connectivity index (χ3v) is 5.73. The van der Waals surface area contributed by atoms with Gasteiger partial charge < -0.3 is 0 Å². The largest absolute Gasteiger partial charge is 0.288 e. The van der Waals surface area contributed by atoms with Crippen molar-refractivity contribution in [2.45, 2.75) is 20.8 Å². The molecule has 2 heterocycles. The molecule has 0 spiro atoms. The average Bonchev–Trinajstić information content (AvgIpc) is 3.28. The molecular formula is C20H18N2O2S2. The van der Waals surface area contributed by atoms with E-state index >= 15 is 0 Å². The van der Waals surface area contributed by atoms with Crippen LogP contribution in [0.25, 0.3) is 6.08 Å². The predicted molar refractivity (Wildman–Crippen MR) is 109 cm³/mol. The minimum atomic E-state index is -0.0989. The lowest BCUT2D eigenvalue weighted by Crippen LogP contribution is -2.23. The van der Waals surface area contributed by atoms with Crippen molar-refractivity contribution >= 4 is 51.3 Å². The molecule has 0 aliphatic rings. The summed E-state index contributed by atoms with van der Waals surface area (Å²) in [5.74, 6) is -0.147. The molecule has 0 bridgehead atoms. The maximum absolute atomic E-state index is 12.3. The number of rotatable bonds is 5. The number of anilines is 2. The highest BCUT2D eigenvalue weighted by atomic mass is 32.1. The topological polar surface area (TPSA) is 50.3 Å². The molecule has 0 saturated heterocycles. The smallest absolute Gasteiger partial charge is 0.230 e. The van der Waals surface area contributed by atoms with Crippen LogP contribution in [-0.2, 0) is 4.79 Å². The summed E-state index contributed by atoms with van der Waals surface area (Å²) in [6, 6.07) is 9.51. The predicted octanol–water partition coefficient (Wildman–Crippen LogP) is 5.40. The second-order valence-corrected chi connectivity index (χ2v) is 7.59. The van der Waals surface area contributed by atoms with Crippen LogP contribution < -0.4 is 4.90 Å². The molecule has 0 aliphatic heterocycles. The molecule has 1 amide bonds. The Morgan fingerprint density at radius 2 is 1.92 bits per heavy atom. The number of carbonyl (C=O) groups is 2. The van der Waals surface area contributed by atoms with Crippen LogP contribution in [0.3, 0.4) is 0 Å². The van der Waals surface area contributed by atoms with Crippen molar-refractivity contribution < 1.29 is 9.59 Å². The first-order valence-electron chi connectivity index (χ1n) is 8.05. The molecule has 4 nitrogen and oxygen atoms in total. The van der Waals surface area contributed by atoms with Crippen LogP contribution in [0.15, 0.2) is 47.2 Å². The zero-order chi connectivity index (χ0) is 18.7. The Labute approximate surface area is 160 Å². The van der Waals surface area contributed by atoms with E-state index < -0.39 is 0 Å². The highest BCUT2D eigenvalue weighted by molar-refractivity contribution is 7.14. The summed E-state index contributed by atoms with van der Waals surface area (Å²) in [5.41, 5.74) is 3.65. The van der Waals surface area contributed by atoms with Gasteiger partial charge in [0.05, 0.1) is 16.3 Å². The van der Waals surface area contributed by atoms with Gasteiger partial charge in [-0.15, -0.1) is 22.7 Å². The van der Waals surface area contributed by atoms with Gasteiger partial charge in [0, 0.05) is 12.3 Å². The van der Waals surface area contributed by atoms with Gasteiger partial charge in [0.2, 0.25) is 5.91 Å². The van der Waals surface area contributed by atoms with E-state index in [4.69, 9.17) is 0 Å².